The number of anilines is 1. The Kier molecular flexibility index (Phi) is 5.91. The van der Waals surface area contributed by atoms with Gasteiger partial charge in [-0.25, -0.2) is 0 Å². The van der Waals surface area contributed by atoms with Crippen molar-refractivity contribution in [1.82, 2.24) is 10.2 Å². The molecule has 0 aromatic heterocycles. The van der Waals surface area contributed by atoms with Crippen LogP contribution in [0.25, 0.3) is 0 Å². The Labute approximate surface area is 174 Å². The fraction of sp³-hybridized carbons (Fsp3) is 0.480. The summed E-state index contributed by atoms with van der Waals surface area (Å²) in [6.07, 6.45) is 2.91. The molecule has 2 aliphatic rings. The number of rotatable bonds is 5. The Balaban J connectivity index is 1.39. The van der Waals surface area contributed by atoms with Gasteiger partial charge in [-0.1, -0.05) is 48.0 Å². The van der Waals surface area contributed by atoms with Crippen molar-refractivity contribution in [3.05, 3.63) is 65.7 Å². The number of carbonyl (C=O) groups is 1. The van der Waals surface area contributed by atoms with Gasteiger partial charge in [-0.05, 0) is 69.9 Å². The van der Waals surface area contributed by atoms with E-state index in [1.807, 2.05) is 6.07 Å². The lowest BCUT2D eigenvalue weighted by Gasteiger charge is -2.40. The highest BCUT2D eigenvalue weighted by Gasteiger charge is 2.42. The molecule has 2 aliphatic heterocycles. The van der Waals surface area contributed by atoms with Gasteiger partial charge in [0, 0.05) is 25.3 Å². The van der Waals surface area contributed by atoms with Crippen molar-refractivity contribution in [1.29, 1.82) is 0 Å². The van der Waals surface area contributed by atoms with Gasteiger partial charge in [-0.15, -0.1) is 0 Å². The standard InChI is InChI=1S/C25H33N3O/c1-20-8-10-23(11-9-20)28-15-12-21(19-28)18-26-24(29)25(13-16-27(2)17-14-25)22-6-4-3-5-7-22/h3-11,21H,12-19H2,1-2H3,(H,26,29). The van der Waals surface area contributed by atoms with Crippen LogP contribution in [0.3, 0.4) is 0 Å². The van der Waals surface area contributed by atoms with Crippen LogP contribution in [0, 0.1) is 12.8 Å². The highest BCUT2D eigenvalue weighted by atomic mass is 16.2. The predicted molar refractivity (Wildman–Crippen MR) is 119 cm³/mol. The first kappa shape index (κ1) is 20.0. The molecule has 0 aliphatic carbocycles. The van der Waals surface area contributed by atoms with Gasteiger partial charge in [-0.3, -0.25) is 4.79 Å². The Morgan fingerprint density at radius 1 is 1.03 bits per heavy atom. The molecule has 2 saturated heterocycles. The topological polar surface area (TPSA) is 35.6 Å². The Bertz CT molecular complexity index is 810. The Hall–Kier alpha value is -2.33. The Morgan fingerprint density at radius 2 is 1.72 bits per heavy atom. The summed E-state index contributed by atoms with van der Waals surface area (Å²) in [5.41, 5.74) is 3.36. The zero-order valence-electron chi connectivity index (χ0n) is 17.7. The molecule has 2 heterocycles. The maximum atomic E-state index is 13.4. The van der Waals surface area contributed by atoms with E-state index in [4.69, 9.17) is 0 Å². The van der Waals surface area contributed by atoms with Crippen molar-refractivity contribution in [2.75, 3.05) is 44.7 Å². The summed E-state index contributed by atoms with van der Waals surface area (Å²) < 4.78 is 0. The third-order valence-corrected chi connectivity index (χ3v) is 6.84. The molecule has 1 unspecified atom stereocenters. The largest absolute Gasteiger partial charge is 0.371 e. The first-order chi connectivity index (χ1) is 14.1. The summed E-state index contributed by atoms with van der Waals surface area (Å²) >= 11 is 0. The molecule has 4 nitrogen and oxygen atoms in total. The quantitative estimate of drug-likeness (QED) is 0.846. The molecule has 0 radical (unpaired) electrons. The fourth-order valence-corrected chi connectivity index (χ4v) is 4.80. The second-order valence-corrected chi connectivity index (χ2v) is 8.90. The number of hydrogen-bond donors (Lipinski definition) is 1. The lowest BCUT2D eigenvalue weighted by Crippen LogP contribution is -2.51. The van der Waals surface area contributed by atoms with Gasteiger partial charge in [0.2, 0.25) is 5.91 Å². The van der Waals surface area contributed by atoms with E-state index in [0.717, 1.165) is 52.0 Å². The van der Waals surface area contributed by atoms with Crippen LogP contribution in [0.2, 0.25) is 0 Å². The summed E-state index contributed by atoms with van der Waals surface area (Å²) in [6, 6.07) is 19.2. The van der Waals surface area contributed by atoms with E-state index in [-0.39, 0.29) is 11.3 Å². The number of aryl methyl sites for hydroxylation is 1. The van der Waals surface area contributed by atoms with Gasteiger partial charge >= 0.3 is 0 Å². The molecule has 4 rings (SSSR count). The SMILES string of the molecule is Cc1ccc(N2CCC(CNC(=O)C3(c4ccccc4)CCN(C)CC3)C2)cc1. The molecule has 1 atom stereocenters. The fourth-order valence-electron chi connectivity index (χ4n) is 4.80. The van der Waals surface area contributed by atoms with E-state index in [1.165, 1.54) is 16.8 Å². The summed E-state index contributed by atoms with van der Waals surface area (Å²) in [7, 11) is 2.14. The zero-order chi connectivity index (χ0) is 20.3. The molecule has 29 heavy (non-hydrogen) atoms. The minimum atomic E-state index is -0.386. The van der Waals surface area contributed by atoms with Crippen molar-refractivity contribution in [2.24, 2.45) is 5.92 Å². The molecule has 0 saturated carbocycles. The molecule has 2 aromatic rings. The summed E-state index contributed by atoms with van der Waals surface area (Å²) in [5, 5.41) is 3.35. The second-order valence-electron chi connectivity index (χ2n) is 8.90. The molecule has 1 amide bonds. The normalized spacial score (nSPS) is 21.9. The smallest absolute Gasteiger partial charge is 0.230 e. The van der Waals surface area contributed by atoms with Crippen LogP contribution < -0.4 is 10.2 Å². The van der Waals surface area contributed by atoms with Crippen molar-refractivity contribution in [3.8, 4) is 0 Å². The number of nitrogens with one attached hydrogen (secondary N) is 1. The van der Waals surface area contributed by atoms with E-state index < -0.39 is 0 Å². The number of carbonyl (C=O) groups excluding carboxylic acids is 1. The van der Waals surface area contributed by atoms with Gasteiger partial charge in [-0.2, -0.15) is 0 Å². The molecule has 0 spiro atoms. The van der Waals surface area contributed by atoms with Gasteiger partial charge in [0.25, 0.3) is 0 Å². The number of benzene rings is 2. The number of piperidine rings is 1. The molecule has 2 aromatic carbocycles. The first-order valence-corrected chi connectivity index (χ1v) is 10.9. The summed E-state index contributed by atoms with van der Waals surface area (Å²) in [6.45, 7) is 6.91. The highest BCUT2D eigenvalue weighted by Crippen LogP contribution is 2.35. The van der Waals surface area contributed by atoms with Gasteiger partial charge < -0.3 is 15.1 Å². The van der Waals surface area contributed by atoms with E-state index >= 15 is 0 Å². The van der Waals surface area contributed by atoms with Crippen molar-refractivity contribution in [3.63, 3.8) is 0 Å². The summed E-state index contributed by atoms with van der Waals surface area (Å²) in [5.74, 6) is 0.727. The third kappa shape index (κ3) is 4.32. The highest BCUT2D eigenvalue weighted by molar-refractivity contribution is 5.88. The second kappa shape index (κ2) is 8.58. The van der Waals surface area contributed by atoms with Crippen LogP contribution in [0.4, 0.5) is 5.69 Å². The molecular formula is C25H33N3O. The Morgan fingerprint density at radius 3 is 2.41 bits per heavy atom. The lowest BCUT2D eigenvalue weighted by molar-refractivity contribution is -0.128. The molecule has 0 bridgehead atoms. The minimum Gasteiger partial charge on any atom is -0.371 e. The van der Waals surface area contributed by atoms with Crippen LogP contribution in [0.15, 0.2) is 54.6 Å². The average molecular weight is 392 g/mol. The number of nitrogens with zero attached hydrogens (tertiary/aromatic N) is 2. The van der Waals surface area contributed by atoms with Crippen LogP contribution in [-0.2, 0) is 10.2 Å². The zero-order valence-corrected chi connectivity index (χ0v) is 17.7. The van der Waals surface area contributed by atoms with Gasteiger partial charge in [0.05, 0.1) is 5.41 Å². The predicted octanol–water partition coefficient (Wildman–Crippen LogP) is 3.60. The van der Waals surface area contributed by atoms with Crippen LogP contribution >= 0.6 is 0 Å². The number of amides is 1. The third-order valence-electron chi connectivity index (χ3n) is 6.84. The van der Waals surface area contributed by atoms with Crippen LogP contribution in [0.1, 0.15) is 30.4 Å². The van der Waals surface area contributed by atoms with Crippen LogP contribution in [-0.4, -0.2) is 50.6 Å². The maximum Gasteiger partial charge on any atom is 0.230 e. The number of hydrogen-bond acceptors (Lipinski definition) is 3. The molecule has 4 heteroatoms. The lowest BCUT2D eigenvalue weighted by atomic mass is 9.72. The molecule has 154 valence electrons. The molecule has 2 fully saturated rings. The maximum absolute atomic E-state index is 13.4. The van der Waals surface area contributed by atoms with Crippen molar-refractivity contribution in [2.45, 2.75) is 31.6 Å². The van der Waals surface area contributed by atoms with E-state index in [0.29, 0.717) is 5.92 Å². The molecule has 1 N–H and O–H groups in total. The van der Waals surface area contributed by atoms with Crippen molar-refractivity contribution >= 4 is 11.6 Å². The van der Waals surface area contributed by atoms with E-state index in [9.17, 15) is 4.79 Å². The van der Waals surface area contributed by atoms with Gasteiger partial charge in [0.15, 0.2) is 0 Å². The molecular weight excluding hydrogens is 358 g/mol. The van der Waals surface area contributed by atoms with Crippen LogP contribution in [0.5, 0.6) is 0 Å². The summed E-state index contributed by atoms with van der Waals surface area (Å²) in [4.78, 5) is 18.2. The van der Waals surface area contributed by atoms with E-state index in [2.05, 4.69) is 77.6 Å². The van der Waals surface area contributed by atoms with E-state index in [1.54, 1.807) is 0 Å². The van der Waals surface area contributed by atoms with Gasteiger partial charge in [0.1, 0.15) is 0 Å². The number of likely N-dealkylation sites (tertiary alicyclic amines) is 1. The first-order valence-electron chi connectivity index (χ1n) is 10.9. The minimum absolute atomic E-state index is 0.214. The monoisotopic (exact) mass is 391 g/mol. The average Bonchev–Trinajstić information content (AvgIpc) is 3.23. The van der Waals surface area contributed by atoms with Crippen molar-refractivity contribution < 1.29 is 4.79 Å².